The van der Waals surface area contributed by atoms with Crippen LogP contribution in [0.5, 0.6) is 0 Å². The van der Waals surface area contributed by atoms with Crippen LogP contribution < -0.4 is 5.32 Å². The molecule has 1 aliphatic rings. The minimum atomic E-state index is -0.431. The van der Waals surface area contributed by atoms with E-state index in [1.807, 2.05) is 4.90 Å². The van der Waals surface area contributed by atoms with Crippen LogP contribution in [0.3, 0.4) is 0 Å². The molecule has 1 N–H and O–H groups in total. The number of carbonyl (C=O) groups is 1. The zero-order valence-corrected chi connectivity index (χ0v) is 13.5. The van der Waals surface area contributed by atoms with Gasteiger partial charge in [0.05, 0.1) is 11.3 Å². The van der Waals surface area contributed by atoms with Crippen LogP contribution in [0, 0.1) is 10.1 Å². The van der Waals surface area contributed by atoms with Crippen molar-refractivity contribution in [3.63, 3.8) is 0 Å². The first-order chi connectivity index (χ1) is 10.1. The fourth-order valence-electron chi connectivity index (χ4n) is 2.67. The Balaban J connectivity index is 0.00000242. The minimum absolute atomic E-state index is 0. The van der Waals surface area contributed by atoms with Crippen molar-refractivity contribution >= 4 is 24.0 Å². The first-order valence-electron chi connectivity index (χ1n) is 7.35. The van der Waals surface area contributed by atoms with Crippen LogP contribution in [-0.4, -0.2) is 41.4 Å². The molecule has 1 atom stereocenters. The van der Waals surface area contributed by atoms with Crippen LogP contribution >= 0.6 is 12.4 Å². The van der Waals surface area contributed by atoms with Gasteiger partial charge < -0.3 is 10.2 Å². The van der Waals surface area contributed by atoms with Gasteiger partial charge in [0.1, 0.15) is 0 Å². The predicted octanol–water partition coefficient (Wildman–Crippen LogP) is 2.16. The molecule has 6 nitrogen and oxygen atoms in total. The van der Waals surface area contributed by atoms with E-state index in [-0.39, 0.29) is 30.0 Å². The number of halogens is 1. The lowest BCUT2D eigenvalue weighted by Crippen LogP contribution is -2.42. The van der Waals surface area contributed by atoms with Gasteiger partial charge in [-0.3, -0.25) is 14.9 Å². The highest BCUT2D eigenvalue weighted by atomic mass is 35.5. The predicted molar refractivity (Wildman–Crippen MR) is 87.3 cm³/mol. The molecule has 1 amide bonds. The Morgan fingerprint density at radius 2 is 2.09 bits per heavy atom. The number of non-ortho nitro benzene ring substituents is 1. The third kappa shape index (κ3) is 4.68. The lowest BCUT2D eigenvalue weighted by Gasteiger charge is -2.28. The summed E-state index contributed by atoms with van der Waals surface area (Å²) < 4.78 is 0. The van der Waals surface area contributed by atoms with Crippen LogP contribution in [0.2, 0.25) is 0 Å². The summed E-state index contributed by atoms with van der Waals surface area (Å²) in [6, 6.07) is 6.49. The SMILES string of the molecule is CCCN(C(=O)Cc1ccc([N+](=O)[O-])cc1)C1CCNC1.Cl. The molecule has 0 radical (unpaired) electrons. The lowest BCUT2D eigenvalue weighted by molar-refractivity contribution is -0.384. The standard InChI is InChI=1S/C15H21N3O3.ClH/c1-2-9-17(14-7-8-16-11-14)15(19)10-12-3-5-13(6-4-12)18(20)21;/h3-6,14,16H,2,7-11H2,1H3;1H. The maximum Gasteiger partial charge on any atom is 0.269 e. The van der Waals surface area contributed by atoms with E-state index in [9.17, 15) is 14.9 Å². The summed E-state index contributed by atoms with van der Waals surface area (Å²) in [5.41, 5.74) is 0.870. The maximum atomic E-state index is 12.5. The number of hydrogen-bond acceptors (Lipinski definition) is 4. The van der Waals surface area contributed by atoms with Crippen molar-refractivity contribution in [2.75, 3.05) is 19.6 Å². The van der Waals surface area contributed by atoms with Crippen molar-refractivity contribution in [2.24, 2.45) is 0 Å². The first-order valence-corrected chi connectivity index (χ1v) is 7.35. The molecule has 22 heavy (non-hydrogen) atoms. The van der Waals surface area contributed by atoms with Gasteiger partial charge in [0.25, 0.3) is 5.69 Å². The van der Waals surface area contributed by atoms with Crippen LogP contribution in [0.1, 0.15) is 25.3 Å². The van der Waals surface area contributed by atoms with Gasteiger partial charge in [0.15, 0.2) is 0 Å². The van der Waals surface area contributed by atoms with Crippen molar-refractivity contribution in [3.8, 4) is 0 Å². The number of rotatable bonds is 6. The second-order valence-corrected chi connectivity index (χ2v) is 5.33. The Kier molecular flexibility index (Phi) is 7.27. The Morgan fingerprint density at radius 3 is 2.59 bits per heavy atom. The topological polar surface area (TPSA) is 75.5 Å². The molecule has 0 aliphatic carbocycles. The summed E-state index contributed by atoms with van der Waals surface area (Å²) in [5, 5.41) is 13.9. The summed E-state index contributed by atoms with van der Waals surface area (Å²) in [6.07, 6.45) is 2.23. The second-order valence-electron chi connectivity index (χ2n) is 5.33. The number of carbonyl (C=O) groups excluding carboxylic acids is 1. The minimum Gasteiger partial charge on any atom is -0.338 e. The Labute approximate surface area is 136 Å². The highest BCUT2D eigenvalue weighted by molar-refractivity contribution is 5.85. The summed E-state index contributed by atoms with van der Waals surface area (Å²) in [5.74, 6) is 0.0967. The summed E-state index contributed by atoms with van der Waals surface area (Å²) in [7, 11) is 0. The van der Waals surface area contributed by atoms with Crippen molar-refractivity contribution < 1.29 is 9.72 Å². The highest BCUT2D eigenvalue weighted by Crippen LogP contribution is 2.15. The maximum absolute atomic E-state index is 12.5. The summed E-state index contributed by atoms with van der Waals surface area (Å²) >= 11 is 0. The molecule has 1 heterocycles. The number of nitrogens with zero attached hydrogens (tertiary/aromatic N) is 2. The van der Waals surface area contributed by atoms with Crippen molar-refractivity contribution in [2.45, 2.75) is 32.2 Å². The molecular formula is C15H22ClN3O3. The van der Waals surface area contributed by atoms with Gasteiger partial charge in [0, 0.05) is 31.3 Å². The lowest BCUT2D eigenvalue weighted by atomic mass is 10.1. The average Bonchev–Trinajstić information content (AvgIpc) is 2.99. The van der Waals surface area contributed by atoms with Gasteiger partial charge in [-0.25, -0.2) is 0 Å². The van der Waals surface area contributed by atoms with Crippen molar-refractivity contribution in [3.05, 3.63) is 39.9 Å². The zero-order chi connectivity index (χ0) is 15.2. The summed E-state index contributed by atoms with van der Waals surface area (Å²) in [4.78, 5) is 24.6. The molecule has 1 aromatic carbocycles. The van der Waals surface area contributed by atoms with Gasteiger partial charge in [-0.15, -0.1) is 12.4 Å². The van der Waals surface area contributed by atoms with Gasteiger partial charge >= 0.3 is 0 Å². The zero-order valence-electron chi connectivity index (χ0n) is 12.7. The Morgan fingerprint density at radius 1 is 1.41 bits per heavy atom. The van der Waals surface area contributed by atoms with Crippen LogP contribution in [0.4, 0.5) is 5.69 Å². The highest BCUT2D eigenvalue weighted by Gasteiger charge is 2.25. The fraction of sp³-hybridized carbons (Fsp3) is 0.533. The second kappa shape index (κ2) is 8.70. The number of amides is 1. The molecule has 0 saturated carbocycles. The Bertz CT molecular complexity index is 501. The van der Waals surface area contributed by atoms with Crippen LogP contribution in [-0.2, 0) is 11.2 Å². The molecule has 0 bridgehead atoms. The molecule has 1 saturated heterocycles. The quantitative estimate of drug-likeness (QED) is 0.641. The van der Waals surface area contributed by atoms with Crippen LogP contribution in [0.15, 0.2) is 24.3 Å². The number of hydrogen-bond donors (Lipinski definition) is 1. The van der Waals surface area contributed by atoms with E-state index in [1.165, 1.54) is 12.1 Å². The molecule has 1 aromatic rings. The molecule has 7 heteroatoms. The Hall–Kier alpha value is -1.66. The van der Waals surface area contributed by atoms with Gasteiger partial charge in [0.2, 0.25) is 5.91 Å². The average molecular weight is 328 g/mol. The third-order valence-corrected chi connectivity index (χ3v) is 3.76. The fourth-order valence-corrected chi connectivity index (χ4v) is 2.67. The van der Waals surface area contributed by atoms with E-state index >= 15 is 0 Å². The van der Waals surface area contributed by atoms with E-state index in [0.29, 0.717) is 6.42 Å². The van der Waals surface area contributed by atoms with E-state index in [0.717, 1.165) is 38.0 Å². The normalized spacial score (nSPS) is 16.9. The first kappa shape index (κ1) is 18.4. The molecule has 1 aliphatic heterocycles. The molecule has 0 spiro atoms. The molecular weight excluding hydrogens is 306 g/mol. The van der Waals surface area contributed by atoms with E-state index in [4.69, 9.17) is 0 Å². The third-order valence-electron chi connectivity index (χ3n) is 3.76. The molecule has 2 rings (SSSR count). The number of nitro benzene ring substituents is 1. The van der Waals surface area contributed by atoms with E-state index in [1.54, 1.807) is 12.1 Å². The van der Waals surface area contributed by atoms with Crippen LogP contribution in [0.25, 0.3) is 0 Å². The van der Waals surface area contributed by atoms with Gasteiger partial charge in [-0.2, -0.15) is 0 Å². The monoisotopic (exact) mass is 327 g/mol. The van der Waals surface area contributed by atoms with Crippen molar-refractivity contribution in [1.82, 2.24) is 10.2 Å². The van der Waals surface area contributed by atoms with Gasteiger partial charge in [-0.05, 0) is 24.9 Å². The number of nitro groups is 1. The molecule has 1 fully saturated rings. The largest absolute Gasteiger partial charge is 0.338 e. The van der Waals surface area contributed by atoms with Crippen molar-refractivity contribution in [1.29, 1.82) is 0 Å². The number of nitrogens with one attached hydrogen (secondary N) is 1. The molecule has 122 valence electrons. The molecule has 1 unspecified atom stereocenters. The number of benzene rings is 1. The van der Waals surface area contributed by atoms with E-state index < -0.39 is 4.92 Å². The smallest absolute Gasteiger partial charge is 0.269 e. The van der Waals surface area contributed by atoms with Gasteiger partial charge in [-0.1, -0.05) is 19.1 Å². The van der Waals surface area contributed by atoms with E-state index in [2.05, 4.69) is 12.2 Å². The molecule has 0 aromatic heterocycles. The summed E-state index contributed by atoms with van der Waals surface area (Å²) in [6.45, 7) is 4.63.